The highest BCUT2D eigenvalue weighted by molar-refractivity contribution is 6.14. The Bertz CT molecular complexity index is 870. The van der Waals surface area contributed by atoms with Crippen molar-refractivity contribution in [1.29, 1.82) is 0 Å². The molecule has 0 aliphatic carbocycles. The first-order valence-corrected chi connectivity index (χ1v) is 9.50. The van der Waals surface area contributed by atoms with Gasteiger partial charge in [0.15, 0.2) is 0 Å². The fourth-order valence-corrected chi connectivity index (χ4v) is 3.10. The third-order valence-corrected chi connectivity index (χ3v) is 4.81. The summed E-state index contributed by atoms with van der Waals surface area (Å²) in [7, 11) is 8.01. The van der Waals surface area contributed by atoms with Gasteiger partial charge in [-0.2, -0.15) is 0 Å². The van der Waals surface area contributed by atoms with Crippen LogP contribution in [0.2, 0.25) is 0 Å². The van der Waals surface area contributed by atoms with Crippen LogP contribution < -0.4 is 9.80 Å². The summed E-state index contributed by atoms with van der Waals surface area (Å²) in [6, 6.07) is 16.4. The Morgan fingerprint density at radius 1 is 0.759 bits per heavy atom. The second kappa shape index (κ2) is 8.73. The van der Waals surface area contributed by atoms with Crippen molar-refractivity contribution in [1.82, 2.24) is 4.90 Å². The van der Waals surface area contributed by atoms with Crippen molar-refractivity contribution in [2.75, 3.05) is 51.1 Å². The monoisotopic (exact) mass is 390 g/mol. The topological polar surface area (TPSA) is 56.2 Å². The zero-order valence-electron chi connectivity index (χ0n) is 17.3. The van der Waals surface area contributed by atoms with Gasteiger partial charge in [-0.05, 0) is 24.3 Å². The van der Waals surface area contributed by atoms with E-state index in [1.165, 1.54) is 17.1 Å². The number of imide groups is 1. The van der Waals surface area contributed by atoms with Gasteiger partial charge in [0.25, 0.3) is 11.8 Å². The third-order valence-electron chi connectivity index (χ3n) is 4.81. The summed E-state index contributed by atoms with van der Waals surface area (Å²) in [4.78, 5) is 33.6. The Morgan fingerprint density at radius 3 is 1.55 bits per heavy atom. The highest BCUT2D eigenvalue weighted by Gasteiger charge is 2.22. The lowest BCUT2D eigenvalue weighted by atomic mass is 10.0. The molecule has 0 radical (unpaired) electrons. The van der Waals surface area contributed by atoms with Crippen molar-refractivity contribution in [2.24, 2.45) is 4.99 Å². The normalized spacial score (nSPS) is 13.0. The molecule has 0 unspecified atom stereocenters. The number of hydrogen-bond donors (Lipinski definition) is 0. The number of nitrogens with zero attached hydrogens (tertiary/aromatic N) is 4. The molecule has 0 saturated carbocycles. The summed E-state index contributed by atoms with van der Waals surface area (Å²) in [6.45, 7) is 0.610. The molecule has 6 nitrogen and oxygen atoms in total. The van der Waals surface area contributed by atoms with E-state index >= 15 is 0 Å². The van der Waals surface area contributed by atoms with E-state index in [0.29, 0.717) is 6.54 Å². The lowest BCUT2D eigenvalue weighted by Crippen LogP contribution is -2.32. The van der Waals surface area contributed by atoms with E-state index in [1.807, 2.05) is 62.3 Å². The van der Waals surface area contributed by atoms with Crippen molar-refractivity contribution in [3.8, 4) is 0 Å². The number of carbonyl (C=O) groups excluding carboxylic acids is 2. The molecule has 0 N–H and O–H groups in total. The highest BCUT2D eigenvalue weighted by Crippen LogP contribution is 2.19. The molecule has 0 atom stereocenters. The van der Waals surface area contributed by atoms with Gasteiger partial charge in [0.2, 0.25) is 0 Å². The highest BCUT2D eigenvalue weighted by atomic mass is 16.2. The van der Waals surface area contributed by atoms with Gasteiger partial charge in [0.1, 0.15) is 0 Å². The molecule has 0 spiro atoms. The zero-order valence-corrected chi connectivity index (χ0v) is 17.3. The minimum absolute atomic E-state index is 0.264. The average Bonchev–Trinajstić information content (AvgIpc) is 3.03. The molecule has 0 bridgehead atoms. The molecule has 1 heterocycles. The van der Waals surface area contributed by atoms with Crippen LogP contribution >= 0.6 is 0 Å². The fourth-order valence-electron chi connectivity index (χ4n) is 3.10. The Hall–Kier alpha value is -3.41. The number of anilines is 2. The molecular weight excluding hydrogens is 364 g/mol. The maximum Gasteiger partial charge on any atom is 0.253 e. The SMILES string of the molecule is CN(C)c1ccc(C(=NCCN2C(=O)C=CC2=O)c2ccc(N(C)C)cc2)cc1. The molecule has 1 aliphatic heterocycles. The summed E-state index contributed by atoms with van der Waals surface area (Å²) in [6.07, 6.45) is 2.60. The van der Waals surface area contributed by atoms with Gasteiger partial charge in [0.05, 0.1) is 12.3 Å². The van der Waals surface area contributed by atoms with Crippen LogP contribution in [0.15, 0.2) is 65.7 Å². The van der Waals surface area contributed by atoms with Crippen LogP contribution in [0.5, 0.6) is 0 Å². The molecule has 2 aromatic rings. The number of benzene rings is 2. The molecular formula is C23H26N4O2. The summed E-state index contributed by atoms with van der Waals surface area (Å²) in [5.41, 5.74) is 5.04. The average molecular weight is 390 g/mol. The summed E-state index contributed by atoms with van der Waals surface area (Å²) >= 11 is 0. The van der Waals surface area contributed by atoms with Crippen LogP contribution in [-0.2, 0) is 9.59 Å². The van der Waals surface area contributed by atoms with Gasteiger partial charge >= 0.3 is 0 Å². The first kappa shape index (κ1) is 20.3. The third kappa shape index (κ3) is 4.71. The fraction of sp³-hybridized carbons (Fsp3) is 0.261. The minimum Gasteiger partial charge on any atom is -0.378 e. The molecule has 0 aromatic heterocycles. The maximum absolute atomic E-state index is 11.8. The number of rotatable bonds is 7. The Balaban J connectivity index is 1.88. The van der Waals surface area contributed by atoms with Crippen molar-refractivity contribution in [3.63, 3.8) is 0 Å². The largest absolute Gasteiger partial charge is 0.378 e. The molecule has 0 fully saturated rings. The number of aliphatic imine (C=N–C) groups is 1. The maximum atomic E-state index is 11.8. The van der Waals surface area contributed by atoms with Crippen molar-refractivity contribution < 1.29 is 9.59 Å². The molecule has 0 saturated heterocycles. The molecule has 150 valence electrons. The van der Waals surface area contributed by atoms with Crippen molar-refractivity contribution in [2.45, 2.75) is 0 Å². The van der Waals surface area contributed by atoms with E-state index in [9.17, 15) is 9.59 Å². The Kier molecular flexibility index (Phi) is 6.12. The van der Waals surface area contributed by atoms with E-state index in [1.54, 1.807) is 0 Å². The Labute approximate surface area is 171 Å². The molecule has 1 aliphatic rings. The van der Waals surface area contributed by atoms with Crippen LogP contribution in [0.25, 0.3) is 0 Å². The predicted molar refractivity (Wildman–Crippen MR) is 118 cm³/mol. The van der Waals surface area contributed by atoms with Crippen LogP contribution in [0.4, 0.5) is 11.4 Å². The van der Waals surface area contributed by atoms with Gasteiger partial charge in [-0.15, -0.1) is 0 Å². The van der Waals surface area contributed by atoms with Gasteiger partial charge in [-0.3, -0.25) is 19.5 Å². The standard InChI is InChI=1S/C23H26N4O2/c1-25(2)19-9-5-17(6-10-19)23(18-7-11-20(12-8-18)26(3)4)24-15-16-27-21(28)13-14-22(27)29/h5-14H,15-16H2,1-4H3. The Morgan fingerprint density at radius 2 is 1.17 bits per heavy atom. The quantitative estimate of drug-likeness (QED) is 0.539. The van der Waals surface area contributed by atoms with Crippen molar-refractivity contribution >= 4 is 28.9 Å². The van der Waals surface area contributed by atoms with E-state index in [-0.39, 0.29) is 18.4 Å². The van der Waals surface area contributed by atoms with Crippen LogP contribution in [-0.4, -0.2) is 63.7 Å². The molecule has 2 aromatic carbocycles. The van der Waals surface area contributed by atoms with Gasteiger partial charge in [-0.1, -0.05) is 24.3 Å². The molecule has 2 amide bonds. The first-order chi connectivity index (χ1) is 13.9. The second-order valence-electron chi connectivity index (χ2n) is 7.27. The van der Waals surface area contributed by atoms with Crippen LogP contribution in [0, 0.1) is 0 Å². The zero-order chi connectivity index (χ0) is 21.0. The molecule has 6 heteroatoms. The van der Waals surface area contributed by atoms with E-state index in [2.05, 4.69) is 24.3 Å². The van der Waals surface area contributed by atoms with Gasteiger partial charge in [-0.25, -0.2) is 0 Å². The molecule has 3 rings (SSSR count). The second-order valence-corrected chi connectivity index (χ2v) is 7.27. The van der Waals surface area contributed by atoms with E-state index in [0.717, 1.165) is 28.2 Å². The molecule has 29 heavy (non-hydrogen) atoms. The number of amides is 2. The summed E-state index contributed by atoms with van der Waals surface area (Å²) < 4.78 is 0. The lowest BCUT2D eigenvalue weighted by Gasteiger charge is -2.16. The summed E-state index contributed by atoms with van der Waals surface area (Å²) in [5, 5.41) is 0. The minimum atomic E-state index is -0.280. The number of hydrogen-bond acceptors (Lipinski definition) is 5. The van der Waals surface area contributed by atoms with Crippen LogP contribution in [0.1, 0.15) is 11.1 Å². The lowest BCUT2D eigenvalue weighted by molar-refractivity contribution is -0.136. The predicted octanol–water partition coefficient (Wildman–Crippen LogP) is 2.58. The first-order valence-electron chi connectivity index (χ1n) is 9.50. The smallest absolute Gasteiger partial charge is 0.253 e. The number of carbonyl (C=O) groups is 2. The summed E-state index contributed by atoms with van der Waals surface area (Å²) in [5.74, 6) is -0.560. The van der Waals surface area contributed by atoms with Gasteiger partial charge < -0.3 is 9.80 Å². The van der Waals surface area contributed by atoms with Crippen LogP contribution in [0.3, 0.4) is 0 Å². The van der Waals surface area contributed by atoms with E-state index < -0.39 is 0 Å². The van der Waals surface area contributed by atoms with E-state index in [4.69, 9.17) is 4.99 Å². The van der Waals surface area contributed by atoms with Gasteiger partial charge in [0, 0.05) is 69.4 Å². The van der Waals surface area contributed by atoms with Crippen molar-refractivity contribution in [3.05, 3.63) is 71.8 Å².